The van der Waals surface area contributed by atoms with Gasteiger partial charge in [0.15, 0.2) is 0 Å². The van der Waals surface area contributed by atoms with Gasteiger partial charge in [0.2, 0.25) is 0 Å². The average molecular weight is 479 g/mol. The van der Waals surface area contributed by atoms with E-state index in [0.717, 1.165) is 67.5 Å². The second-order valence-electron chi connectivity index (χ2n) is 9.67. The van der Waals surface area contributed by atoms with E-state index >= 15 is 0 Å². The Balaban J connectivity index is 1.49. The summed E-state index contributed by atoms with van der Waals surface area (Å²) in [4.78, 5) is 10.4. The van der Waals surface area contributed by atoms with Crippen LogP contribution in [0.4, 0.5) is 10.7 Å². The molecule has 3 aliphatic rings. The number of nitrogens with one attached hydrogen (secondary N) is 3. The van der Waals surface area contributed by atoms with Gasteiger partial charge in [-0.25, -0.2) is 0 Å². The number of amidine groups is 2. The van der Waals surface area contributed by atoms with Crippen molar-refractivity contribution in [2.24, 2.45) is 4.99 Å². The number of nitrogens with zero attached hydrogens (tertiary/aromatic N) is 3. The van der Waals surface area contributed by atoms with Crippen molar-refractivity contribution < 1.29 is 4.74 Å². The number of piperidine rings is 1. The van der Waals surface area contributed by atoms with E-state index in [-0.39, 0.29) is 11.6 Å². The lowest BCUT2D eigenvalue weighted by atomic mass is 9.90. The normalized spacial score (nSPS) is 22.4. The Kier molecular flexibility index (Phi) is 6.08. The van der Waals surface area contributed by atoms with Gasteiger partial charge in [-0.05, 0) is 71.3 Å². The van der Waals surface area contributed by atoms with Crippen LogP contribution in [0.1, 0.15) is 48.3 Å². The molecule has 7 nitrogen and oxygen atoms in total. The van der Waals surface area contributed by atoms with E-state index < -0.39 is 0 Å². The van der Waals surface area contributed by atoms with Gasteiger partial charge in [0.25, 0.3) is 0 Å². The molecular weight excluding hydrogens is 444 g/mol. The van der Waals surface area contributed by atoms with Crippen LogP contribution < -0.4 is 15.1 Å². The maximum atomic E-state index is 8.71. The van der Waals surface area contributed by atoms with Crippen LogP contribution in [-0.2, 0) is 4.74 Å². The van der Waals surface area contributed by atoms with Crippen LogP contribution in [0.3, 0.4) is 0 Å². The quantitative estimate of drug-likeness (QED) is 0.443. The van der Waals surface area contributed by atoms with Crippen LogP contribution in [0.15, 0.2) is 29.3 Å². The van der Waals surface area contributed by atoms with Crippen LogP contribution in [0, 0.1) is 24.7 Å². The molecule has 3 N–H and O–H groups in total. The number of fused-ring (bicyclic) bond motifs is 1. The van der Waals surface area contributed by atoms with Crippen LogP contribution in [0.2, 0.25) is 0 Å². The second-order valence-corrected chi connectivity index (χ2v) is 10.9. The fraction of sp³-hybridized carbons (Fsp3) is 0.500. The molecule has 2 saturated heterocycles. The molecule has 2 aromatic rings. The number of rotatable bonds is 2. The van der Waals surface area contributed by atoms with Gasteiger partial charge >= 0.3 is 0 Å². The van der Waals surface area contributed by atoms with Crippen molar-refractivity contribution in [1.29, 1.82) is 10.8 Å². The number of hydrogen-bond donors (Lipinski definition) is 3. The lowest BCUT2D eigenvalue weighted by molar-refractivity contribution is -0.0738. The Labute approximate surface area is 205 Å². The number of aliphatic imine (C=N–C) groups is 1. The number of ether oxygens (including phenoxy) is 1. The van der Waals surface area contributed by atoms with Gasteiger partial charge in [0, 0.05) is 34.8 Å². The van der Waals surface area contributed by atoms with Gasteiger partial charge in [-0.3, -0.25) is 20.7 Å². The maximum absolute atomic E-state index is 8.71. The first-order valence-electron chi connectivity index (χ1n) is 12.1. The number of thiophene rings is 1. The van der Waals surface area contributed by atoms with Crippen LogP contribution in [0.25, 0.3) is 0 Å². The zero-order valence-electron chi connectivity index (χ0n) is 20.5. The summed E-state index contributed by atoms with van der Waals surface area (Å²) < 4.78 is 6.25. The first-order valence-corrected chi connectivity index (χ1v) is 12.9. The van der Waals surface area contributed by atoms with E-state index in [4.69, 9.17) is 20.5 Å². The third kappa shape index (κ3) is 3.97. The van der Waals surface area contributed by atoms with Gasteiger partial charge in [-0.1, -0.05) is 12.1 Å². The van der Waals surface area contributed by atoms with Gasteiger partial charge in [0.05, 0.1) is 17.9 Å². The molecule has 0 radical (unpaired) electrons. The van der Waals surface area contributed by atoms with Crippen LogP contribution in [-0.4, -0.2) is 61.8 Å². The summed E-state index contributed by atoms with van der Waals surface area (Å²) in [5.74, 6) is 0.701. The average Bonchev–Trinajstić information content (AvgIpc) is 3.05. The molecule has 1 unspecified atom stereocenters. The SMILES string of the molecule is CC(=N)N1C(=N)C(C)N=C(c2ccc(N3CCOC4(CCNCC4)C3)cc2)c2c1sc(C)c2C. The zero-order chi connectivity index (χ0) is 24.0. The van der Waals surface area contributed by atoms with Crippen molar-refractivity contribution in [1.82, 2.24) is 5.32 Å². The lowest BCUT2D eigenvalue weighted by Gasteiger charge is -2.46. The fourth-order valence-electron chi connectivity index (χ4n) is 5.29. The van der Waals surface area contributed by atoms with Crippen molar-refractivity contribution in [3.05, 3.63) is 45.8 Å². The third-order valence-corrected chi connectivity index (χ3v) is 8.56. The Bertz CT molecular complexity index is 1140. The Hall–Kier alpha value is -2.55. The second kappa shape index (κ2) is 8.91. The van der Waals surface area contributed by atoms with Gasteiger partial charge in [0.1, 0.15) is 22.7 Å². The molecule has 8 heteroatoms. The predicted molar refractivity (Wildman–Crippen MR) is 142 cm³/mol. The smallest absolute Gasteiger partial charge is 0.132 e. The van der Waals surface area contributed by atoms with Gasteiger partial charge in [-0.2, -0.15) is 0 Å². The minimum absolute atomic E-state index is 0.0301. The van der Waals surface area contributed by atoms with Crippen molar-refractivity contribution in [3.63, 3.8) is 0 Å². The number of anilines is 2. The largest absolute Gasteiger partial charge is 0.371 e. The zero-order valence-corrected chi connectivity index (χ0v) is 21.3. The molecule has 1 atom stereocenters. The number of benzene rings is 1. The monoisotopic (exact) mass is 478 g/mol. The van der Waals surface area contributed by atoms with Crippen molar-refractivity contribution >= 4 is 39.4 Å². The summed E-state index contributed by atoms with van der Waals surface area (Å²) in [7, 11) is 0. The van der Waals surface area contributed by atoms with Crippen molar-refractivity contribution in [2.75, 3.05) is 42.6 Å². The molecule has 34 heavy (non-hydrogen) atoms. The lowest BCUT2D eigenvalue weighted by Crippen LogP contribution is -2.56. The molecule has 1 aromatic heterocycles. The highest BCUT2D eigenvalue weighted by atomic mass is 32.1. The van der Waals surface area contributed by atoms with Gasteiger partial charge in [-0.15, -0.1) is 11.3 Å². The molecule has 0 amide bonds. The number of aryl methyl sites for hydroxylation is 1. The number of hydrogen-bond acceptors (Lipinski definition) is 7. The van der Waals surface area contributed by atoms with Crippen molar-refractivity contribution in [3.8, 4) is 0 Å². The fourth-order valence-corrected chi connectivity index (χ4v) is 6.52. The summed E-state index contributed by atoms with van der Waals surface area (Å²) in [5, 5.41) is 21.4. The summed E-state index contributed by atoms with van der Waals surface area (Å²) >= 11 is 1.65. The summed E-state index contributed by atoms with van der Waals surface area (Å²) in [6, 6.07) is 8.41. The molecule has 4 heterocycles. The van der Waals surface area contributed by atoms with E-state index in [0.29, 0.717) is 11.7 Å². The van der Waals surface area contributed by atoms with Crippen LogP contribution in [0.5, 0.6) is 0 Å². The highest BCUT2D eigenvalue weighted by molar-refractivity contribution is 7.17. The molecule has 0 aliphatic carbocycles. The molecular formula is C26H34N6OS. The van der Waals surface area contributed by atoms with E-state index in [1.165, 1.54) is 16.1 Å². The maximum Gasteiger partial charge on any atom is 0.132 e. The minimum Gasteiger partial charge on any atom is -0.371 e. The molecule has 180 valence electrons. The molecule has 1 aromatic carbocycles. The molecule has 3 aliphatic heterocycles. The number of morpholine rings is 1. The van der Waals surface area contributed by atoms with E-state index in [9.17, 15) is 0 Å². The van der Waals surface area contributed by atoms with E-state index in [1.807, 2.05) is 6.92 Å². The van der Waals surface area contributed by atoms with E-state index in [2.05, 4.69) is 48.3 Å². The molecule has 0 saturated carbocycles. The molecule has 5 rings (SSSR count). The summed E-state index contributed by atoms with van der Waals surface area (Å²) in [5.41, 5.74) is 5.39. The highest BCUT2D eigenvalue weighted by Gasteiger charge is 2.38. The van der Waals surface area contributed by atoms with E-state index in [1.54, 1.807) is 23.2 Å². The first-order chi connectivity index (χ1) is 16.3. The predicted octanol–water partition coefficient (Wildman–Crippen LogP) is 4.34. The van der Waals surface area contributed by atoms with Gasteiger partial charge < -0.3 is 15.0 Å². The Morgan fingerprint density at radius 2 is 1.91 bits per heavy atom. The molecule has 0 bridgehead atoms. The Morgan fingerprint density at radius 3 is 2.59 bits per heavy atom. The highest BCUT2D eigenvalue weighted by Crippen LogP contribution is 2.40. The van der Waals surface area contributed by atoms with Crippen LogP contribution >= 0.6 is 11.3 Å². The summed E-state index contributed by atoms with van der Waals surface area (Å²) in [6.07, 6.45) is 2.12. The molecule has 2 fully saturated rings. The Morgan fingerprint density at radius 1 is 1.21 bits per heavy atom. The third-order valence-electron chi connectivity index (χ3n) is 7.37. The minimum atomic E-state index is -0.326. The standard InChI is InChI=1S/C26H34N6OS/c1-16-18(3)34-25-22(16)23(30-17(2)24(28)32(25)19(4)27)20-5-7-21(8-6-20)31-13-14-33-26(15-31)9-11-29-12-10-26/h5-8,17,27-29H,9-15H2,1-4H3. The summed E-state index contributed by atoms with van der Waals surface area (Å²) in [6.45, 7) is 12.6. The molecule has 1 spiro atoms. The van der Waals surface area contributed by atoms with Crippen molar-refractivity contribution in [2.45, 2.75) is 52.2 Å². The topological polar surface area (TPSA) is 87.8 Å². The first kappa shape index (κ1) is 23.2.